The zero-order valence-corrected chi connectivity index (χ0v) is 17.2. The van der Waals surface area contributed by atoms with Crippen LogP contribution in [0.25, 0.3) is 10.9 Å². The van der Waals surface area contributed by atoms with E-state index in [9.17, 15) is 4.79 Å². The van der Waals surface area contributed by atoms with E-state index in [1.807, 2.05) is 45.3 Å². The highest BCUT2D eigenvalue weighted by Gasteiger charge is 2.14. The van der Waals surface area contributed by atoms with E-state index in [0.29, 0.717) is 17.6 Å². The molecule has 6 heteroatoms. The molecule has 142 valence electrons. The number of para-hydroxylation sites is 1. The average Bonchev–Trinajstić information content (AvgIpc) is 2.57. The fraction of sp³-hybridized carbons (Fsp3) is 0.500. The van der Waals surface area contributed by atoms with Crippen LogP contribution in [-0.2, 0) is 6.54 Å². The number of nitrogens with one attached hydrogen (secondary N) is 2. The van der Waals surface area contributed by atoms with Crippen molar-refractivity contribution >= 4 is 28.2 Å². The quantitative estimate of drug-likeness (QED) is 0.730. The van der Waals surface area contributed by atoms with Crippen molar-refractivity contribution in [2.75, 3.05) is 33.7 Å². The smallest absolute Gasteiger partial charge is 0.253 e. The highest BCUT2D eigenvalue weighted by molar-refractivity contribution is 7.80. The Labute approximate surface area is 161 Å². The summed E-state index contributed by atoms with van der Waals surface area (Å²) in [5, 5.41) is 5.07. The van der Waals surface area contributed by atoms with Crippen molar-refractivity contribution in [2.24, 2.45) is 5.92 Å². The van der Waals surface area contributed by atoms with Crippen LogP contribution in [0.15, 0.2) is 29.1 Å². The molecular formula is C20H30N4OS. The van der Waals surface area contributed by atoms with Crippen LogP contribution in [0.2, 0.25) is 0 Å². The molecule has 1 aromatic carbocycles. The van der Waals surface area contributed by atoms with Gasteiger partial charge >= 0.3 is 0 Å². The Bertz CT molecular complexity index is 813. The second-order valence-corrected chi connectivity index (χ2v) is 7.85. The van der Waals surface area contributed by atoms with Crippen LogP contribution in [0.5, 0.6) is 0 Å². The lowest BCUT2D eigenvalue weighted by Gasteiger charge is -2.27. The third-order valence-corrected chi connectivity index (χ3v) is 4.69. The van der Waals surface area contributed by atoms with Crippen LogP contribution in [0.4, 0.5) is 0 Å². The van der Waals surface area contributed by atoms with Gasteiger partial charge in [-0.3, -0.25) is 4.79 Å². The maximum atomic E-state index is 12.6. The molecule has 0 unspecified atom stereocenters. The molecule has 0 amide bonds. The Balaban J connectivity index is 2.26. The molecule has 0 aliphatic carbocycles. The molecule has 0 fully saturated rings. The average molecular weight is 375 g/mol. The minimum atomic E-state index is -0.0479. The molecule has 2 aromatic rings. The predicted molar refractivity (Wildman–Crippen MR) is 114 cm³/mol. The molecule has 0 saturated heterocycles. The molecule has 0 bridgehead atoms. The molecular weight excluding hydrogens is 344 g/mol. The van der Waals surface area contributed by atoms with Crippen molar-refractivity contribution in [2.45, 2.75) is 27.3 Å². The number of hydrogen-bond donors (Lipinski definition) is 2. The number of benzene rings is 1. The molecule has 1 heterocycles. The topological polar surface area (TPSA) is 51.4 Å². The first-order chi connectivity index (χ1) is 12.3. The van der Waals surface area contributed by atoms with Gasteiger partial charge in [0.15, 0.2) is 5.11 Å². The molecule has 0 radical (unpaired) electrons. The zero-order valence-electron chi connectivity index (χ0n) is 16.4. The first kappa shape index (κ1) is 20.4. The number of aromatic amines is 1. The van der Waals surface area contributed by atoms with E-state index in [0.717, 1.165) is 41.7 Å². The summed E-state index contributed by atoms with van der Waals surface area (Å²) in [5.74, 6) is 0.510. The molecule has 1 aromatic heterocycles. The number of aromatic nitrogens is 1. The van der Waals surface area contributed by atoms with E-state index in [1.54, 1.807) is 0 Å². The van der Waals surface area contributed by atoms with Gasteiger partial charge in [0.05, 0.1) is 12.1 Å². The Kier molecular flexibility index (Phi) is 7.17. The Morgan fingerprint density at radius 1 is 1.27 bits per heavy atom. The SMILES string of the molecule is Cc1cccc2cc(CN(CCN(C)C)C(=S)NCC(C)C)c(=O)[nH]c12. The van der Waals surface area contributed by atoms with E-state index in [-0.39, 0.29) is 5.56 Å². The fourth-order valence-corrected chi connectivity index (χ4v) is 2.97. The molecule has 26 heavy (non-hydrogen) atoms. The molecule has 0 aliphatic heterocycles. The van der Waals surface area contributed by atoms with Gasteiger partial charge in [0.1, 0.15) is 0 Å². The summed E-state index contributed by atoms with van der Waals surface area (Å²) in [6.45, 7) is 9.26. The maximum absolute atomic E-state index is 12.6. The maximum Gasteiger partial charge on any atom is 0.253 e. The minimum Gasteiger partial charge on any atom is -0.362 e. The third-order valence-electron chi connectivity index (χ3n) is 4.29. The van der Waals surface area contributed by atoms with Gasteiger partial charge in [0, 0.05) is 25.2 Å². The van der Waals surface area contributed by atoms with E-state index < -0.39 is 0 Å². The number of hydrogen-bond acceptors (Lipinski definition) is 3. The molecule has 2 N–H and O–H groups in total. The van der Waals surface area contributed by atoms with Crippen LogP contribution in [0, 0.1) is 12.8 Å². The van der Waals surface area contributed by atoms with E-state index >= 15 is 0 Å². The summed E-state index contributed by atoms with van der Waals surface area (Å²) in [7, 11) is 4.07. The monoisotopic (exact) mass is 374 g/mol. The summed E-state index contributed by atoms with van der Waals surface area (Å²) < 4.78 is 0. The van der Waals surface area contributed by atoms with Gasteiger partial charge in [-0.25, -0.2) is 0 Å². The number of nitrogens with zero attached hydrogens (tertiary/aromatic N) is 2. The standard InChI is InChI=1S/C20H30N4OS/c1-14(2)12-21-20(26)24(10-9-23(4)5)13-17-11-16-8-6-7-15(3)18(16)22-19(17)25/h6-8,11,14H,9-10,12-13H2,1-5H3,(H,21,26)(H,22,25). The van der Waals surface area contributed by atoms with Crippen LogP contribution >= 0.6 is 12.2 Å². The third kappa shape index (κ3) is 5.54. The molecule has 0 spiro atoms. The van der Waals surface area contributed by atoms with Gasteiger partial charge in [0.25, 0.3) is 5.56 Å². The summed E-state index contributed by atoms with van der Waals surface area (Å²) >= 11 is 5.59. The molecule has 0 saturated carbocycles. The van der Waals surface area contributed by atoms with Crippen LogP contribution in [0.3, 0.4) is 0 Å². The number of thiocarbonyl (C=S) groups is 1. The number of aryl methyl sites for hydroxylation is 1. The number of fused-ring (bicyclic) bond motifs is 1. The van der Waals surface area contributed by atoms with Gasteiger partial charge in [-0.05, 0) is 56.2 Å². The molecule has 0 aliphatic rings. The lowest BCUT2D eigenvalue weighted by molar-refractivity contribution is 0.321. The lowest BCUT2D eigenvalue weighted by atomic mass is 10.1. The van der Waals surface area contributed by atoms with Gasteiger partial charge in [-0.2, -0.15) is 0 Å². The van der Waals surface area contributed by atoms with Crippen LogP contribution < -0.4 is 10.9 Å². The molecule has 0 atom stereocenters. The van der Waals surface area contributed by atoms with Crippen molar-refractivity contribution in [3.63, 3.8) is 0 Å². The molecule has 5 nitrogen and oxygen atoms in total. The number of pyridine rings is 1. The van der Waals surface area contributed by atoms with Gasteiger partial charge < -0.3 is 20.1 Å². The lowest BCUT2D eigenvalue weighted by Crippen LogP contribution is -2.44. The van der Waals surface area contributed by atoms with Crippen molar-refractivity contribution in [1.29, 1.82) is 0 Å². The number of rotatable bonds is 7. The highest BCUT2D eigenvalue weighted by Crippen LogP contribution is 2.15. The van der Waals surface area contributed by atoms with Gasteiger partial charge in [0.2, 0.25) is 0 Å². The van der Waals surface area contributed by atoms with E-state index in [4.69, 9.17) is 12.2 Å². The second-order valence-electron chi connectivity index (χ2n) is 7.47. The van der Waals surface area contributed by atoms with E-state index in [1.165, 1.54) is 0 Å². The summed E-state index contributed by atoms with van der Waals surface area (Å²) in [5.41, 5.74) is 2.66. The first-order valence-electron chi connectivity index (χ1n) is 9.07. The van der Waals surface area contributed by atoms with Crippen molar-refractivity contribution in [3.05, 3.63) is 45.7 Å². The summed E-state index contributed by atoms with van der Waals surface area (Å²) in [6, 6.07) is 8.03. The van der Waals surface area contributed by atoms with Gasteiger partial charge in [-0.1, -0.05) is 32.0 Å². The fourth-order valence-electron chi connectivity index (χ4n) is 2.73. The Morgan fingerprint density at radius 2 is 2.00 bits per heavy atom. The van der Waals surface area contributed by atoms with Crippen molar-refractivity contribution < 1.29 is 0 Å². The van der Waals surface area contributed by atoms with Crippen molar-refractivity contribution in [1.82, 2.24) is 20.1 Å². The molecule has 2 rings (SSSR count). The Morgan fingerprint density at radius 3 is 2.65 bits per heavy atom. The normalized spacial score (nSPS) is 11.3. The first-order valence-corrected chi connectivity index (χ1v) is 9.47. The summed E-state index contributed by atoms with van der Waals surface area (Å²) in [6.07, 6.45) is 0. The van der Waals surface area contributed by atoms with Crippen LogP contribution in [0.1, 0.15) is 25.0 Å². The van der Waals surface area contributed by atoms with Gasteiger partial charge in [-0.15, -0.1) is 0 Å². The van der Waals surface area contributed by atoms with Crippen LogP contribution in [-0.4, -0.2) is 53.6 Å². The summed E-state index contributed by atoms with van der Waals surface area (Å²) in [4.78, 5) is 19.8. The number of H-pyrrole nitrogens is 1. The Hall–Kier alpha value is -1.92. The van der Waals surface area contributed by atoms with Crippen molar-refractivity contribution in [3.8, 4) is 0 Å². The predicted octanol–water partition coefficient (Wildman–Crippen LogP) is 2.73. The largest absolute Gasteiger partial charge is 0.362 e. The number of likely N-dealkylation sites (N-methyl/N-ethyl adjacent to an activating group) is 1. The minimum absolute atomic E-state index is 0.0479. The van der Waals surface area contributed by atoms with E-state index in [2.05, 4.69) is 33.9 Å². The zero-order chi connectivity index (χ0) is 19.3. The highest BCUT2D eigenvalue weighted by atomic mass is 32.1. The second kappa shape index (κ2) is 9.14.